The average Bonchev–Trinajstić information content (AvgIpc) is 2.65. The number of carbonyl (C=O) groups is 1. The van der Waals surface area contributed by atoms with Gasteiger partial charge in [-0.2, -0.15) is 0 Å². The second-order valence-corrected chi connectivity index (χ2v) is 7.80. The molecule has 0 bridgehead atoms. The Kier molecular flexibility index (Phi) is 5.57. The van der Waals surface area contributed by atoms with Crippen LogP contribution in [-0.2, 0) is 14.1 Å². The summed E-state index contributed by atoms with van der Waals surface area (Å²) in [4.78, 5) is 11.3. The molecule has 2 rings (SSSR count). The lowest BCUT2D eigenvalue weighted by Crippen LogP contribution is -2.41. The smallest absolute Gasteiger partial charge is 0.400 e. The lowest BCUT2D eigenvalue weighted by Gasteiger charge is -2.32. The highest BCUT2D eigenvalue weighted by molar-refractivity contribution is 9.10. The number of nitrogens with one attached hydrogen (secondary N) is 1. The van der Waals surface area contributed by atoms with E-state index in [0.717, 1.165) is 0 Å². The van der Waals surface area contributed by atoms with Crippen LogP contribution in [0, 0.1) is 5.82 Å². The molecule has 1 fully saturated rings. The van der Waals surface area contributed by atoms with E-state index in [2.05, 4.69) is 21.2 Å². The number of hydrogen-bond donors (Lipinski definition) is 1. The van der Waals surface area contributed by atoms with E-state index in [1.54, 1.807) is 18.2 Å². The molecule has 24 heavy (non-hydrogen) atoms. The van der Waals surface area contributed by atoms with E-state index in [-0.39, 0.29) is 18.3 Å². The standard InChI is InChI=1S/C17H22BBrFNO3/c1-11(22)21-10-13(8-12-6-7-14(19)9-15(12)20)18-23-16(2,3)17(4,5)24-18/h6-9H,10H2,1-5H3,(H,21,22). The third-order valence-corrected chi connectivity index (χ3v) is 4.89. The molecule has 7 heteroatoms. The van der Waals surface area contributed by atoms with Gasteiger partial charge in [0.15, 0.2) is 0 Å². The minimum absolute atomic E-state index is 0.173. The van der Waals surface area contributed by atoms with Crippen molar-refractivity contribution in [1.29, 1.82) is 0 Å². The highest BCUT2D eigenvalue weighted by atomic mass is 79.9. The summed E-state index contributed by atoms with van der Waals surface area (Å²) >= 11 is 3.24. The average molecular weight is 398 g/mol. The molecule has 1 heterocycles. The van der Waals surface area contributed by atoms with Gasteiger partial charge in [0.25, 0.3) is 0 Å². The first-order valence-electron chi connectivity index (χ1n) is 7.77. The van der Waals surface area contributed by atoms with Crippen LogP contribution in [0.3, 0.4) is 0 Å². The summed E-state index contributed by atoms with van der Waals surface area (Å²) in [6.45, 7) is 9.45. The first kappa shape index (κ1) is 19.2. The molecule has 1 N–H and O–H groups in total. The van der Waals surface area contributed by atoms with Crippen molar-refractivity contribution in [3.63, 3.8) is 0 Å². The van der Waals surface area contributed by atoms with Crippen LogP contribution in [0.5, 0.6) is 0 Å². The summed E-state index contributed by atoms with van der Waals surface area (Å²) in [7, 11) is -0.648. The Morgan fingerprint density at radius 3 is 2.38 bits per heavy atom. The Bertz CT molecular complexity index is 660. The van der Waals surface area contributed by atoms with Gasteiger partial charge in [0, 0.05) is 23.5 Å². The van der Waals surface area contributed by atoms with Gasteiger partial charge in [0.2, 0.25) is 5.91 Å². The third kappa shape index (κ3) is 4.26. The zero-order valence-electron chi connectivity index (χ0n) is 14.6. The van der Waals surface area contributed by atoms with Crippen LogP contribution in [0.25, 0.3) is 6.08 Å². The topological polar surface area (TPSA) is 47.6 Å². The summed E-state index contributed by atoms with van der Waals surface area (Å²) in [5.41, 5.74) is 0.0505. The van der Waals surface area contributed by atoms with Crippen LogP contribution < -0.4 is 5.32 Å². The van der Waals surface area contributed by atoms with E-state index < -0.39 is 18.3 Å². The first-order chi connectivity index (χ1) is 11.0. The Hall–Kier alpha value is -1.18. The Morgan fingerprint density at radius 2 is 1.88 bits per heavy atom. The summed E-state index contributed by atoms with van der Waals surface area (Å²) < 4.78 is 26.9. The summed E-state index contributed by atoms with van der Waals surface area (Å²) in [6, 6.07) is 4.82. The number of rotatable bonds is 4. The van der Waals surface area contributed by atoms with Gasteiger partial charge in [-0.1, -0.05) is 28.1 Å². The molecular weight excluding hydrogens is 376 g/mol. The van der Waals surface area contributed by atoms with Crippen molar-refractivity contribution in [3.8, 4) is 0 Å². The molecule has 0 aromatic heterocycles. The molecule has 0 saturated carbocycles. The molecular formula is C17H22BBrFNO3. The van der Waals surface area contributed by atoms with Gasteiger partial charge in [-0.15, -0.1) is 0 Å². The van der Waals surface area contributed by atoms with Gasteiger partial charge >= 0.3 is 7.12 Å². The van der Waals surface area contributed by atoms with Gasteiger partial charge in [0.05, 0.1) is 11.2 Å². The molecule has 0 aliphatic carbocycles. The van der Waals surface area contributed by atoms with Gasteiger partial charge < -0.3 is 14.6 Å². The monoisotopic (exact) mass is 397 g/mol. The summed E-state index contributed by atoms with van der Waals surface area (Å²) in [5, 5.41) is 2.73. The molecule has 1 aliphatic rings. The van der Waals surface area contributed by atoms with Gasteiger partial charge in [0.1, 0.15) is 5.82 Å². The lowest BCUT2D eigenvalue weighted by molar-refractivity contribution is -0.118. The van der Waals surface area contributed by atoms with Crippen LogP contribution in [0.2, 0.25) is 0 Å². The minimum Gasteiger partial charge on any atom is -0.400 e. The van der Waals surface area contributed by atoms with Crippen LogP contribution in [-0.4, -0.2) is 30.8 Å². The zero-order valence-corrected chi connectivity index (χ0v) is 16.2. The maximum atomic E-state index is 14.2. The van der Waals surface area contributed by atoms with Crippen molar-refractivity contribution < 1.29 is 18.5 Å². The van der Waals surface area contributed by atoms with Crippen molar-refractivity contribution in [2.45, 2.75) is 45.8 Å². The lowest BCUT2D eigenvalue weighted by atomic mass is 9.77. The number of benzene rings is 1. The second kappa shape index (κ2) is 6.98. The molecule has 1 saturated heterocycles. The molecule has 130 valence electrons. The van der Waals surface area contributed by atoms with Gasteiger partial charge in [-0.3, -0.25) is 4.79 Å². The van der Waals surface area contributed by atoms with E-state index >= 15 is 0 Å². The maximum Gasteiger partial charge on any atom is 0.492 e. The van der Waals surface area contributed by atoms with E-state index in [9.17, 15) is 9.18 Å². The van der Waals surface area contributed by atoms with Gasteiger partial charge in [-0.05, 0) is 45.3 Å². The molecule has 0 spiro atoms. The summed E-state index contributed by atoms with van der Waals surface area (Å²) in [6.07, 6.45) is 1.67. The van der Waals surface area contributed by atoms with Crippen LogP contribution in [0.1, 0.15) is 40.2 Å². The zero-order chi connectivity index (χ0) is 18.1. The fourth-order valence-electron chi connectivity index (χ4n) is 2.24. The Balaban J connectivity index is 2.35. The number of amides is 1. The predicted molar refractivity (Wildman–Crippen MR) is 96.8 cm³/mol. The van der Waals surface area contributed by atoms with Crippen LogP contribution in [0.4, 0.5) is 4.39 Å². The van der Waals surface area contributed by atoms with E-state index in [1.165, 1.54) is 13.0 Å². The third-order valence-electron chi connectivity index (χ3n) is 4.40. The second-order valence-electron chi connectivity index (χ2n) is 6.88. The largest absolute Gasteiger partial charge is 0.492 e. The molecule has 0 atom stereocenters. The Morgan fingerprint density at radius 1 is 1.29 bits per heavy atom. The number of halogens is 2. The van der Waals surface area contributed by atoms with E-state index in [4.69, 9.17) is 9.31 Å². The highest BCUT2D eigenvalue weighted by Gasteiger charge is 2.52. The SMILES string of the molecule is CC(=O)NCC(=Cc1ccc(Br)cc1F)B1OC(C)(C)C(C)(C)O1. The van der Waals surface area contributed by atoms with Crippen molar-refractivity contribution in [1.82, 2.24) is 5.32 Å². The molecule has 1 aromatic carbocycles. The van der Waals surface area contributed by atoms with E-state index in [0.29, 0.717) is 15.5 Å². The van der Waals surface area contributed by atoms with Crippen LogP contribution in [0.15, 0.2) is 28.1 Å². The summed E-state index contributed by atoms with van der Waals surface area (Å²) in [5.74, 6) is -0.532. The predicted octanol–water partition coefficient (Wildman–Crippen LogP) is 3.74. The van der Waals surface area contributed by atoms with Crippen molar-refractivity contribution in [2.75, 3.05) is 6.54 Å². The van der Waals surface area contributed by atoms with Crippen molar-refractivity contribution >= 4 is 35.0 Å². The van der Waals surface area contributed by atoms with Crippen molar-refractivity contribution in [3.05, 3.63) is 39.5 Å². The van der Waals surface area contributed by atoms with Gasteiger partial charge in [-0.25, -0.2) is 4.39 Å². The Labute approximate surface area is 151 Å². The molecule has 4 nitrogen and oxygen atoms in total. The first-order valence-corrected chi connectivity index (χ1v) is 8.57. The van der Waals surface area contributed by atoms with Crippen LogP contribution >= 0.6 is 15.9 Å². The molecule has 1 aromatic rings. The number of carbonyl (C=O) groups excluding carboxylic acids is 1. The fourth-order valence-corrected chi connectivity index (χ4v) is 2.57. The molecule has 0 radical (unpaired) electrons. The minimum atomic E-state index is -0.648. The highest BCUT2D eigenvalue weighted by Crippen LogP contribution is 2.38. The maximum absolute atomic E-state index is 14.2. The molecule has 0 unspecified atom stereocenters. The normalized spacial score (nSPS) is 19.5. The fraction of sp³-hybridized carbons (Fsp3) is 0.471. The number of hydrogen-bond acceptors (Lipinski definition) is 3. The quantitative estimate of drug-likeness (QED) is 0.787. The molecule has 1 aliphatic heterocycles. The van der Waals surface area contributed by atoms with E-state index in [1.807, 2.05) is 27.7 Å². The molecule has 1 amide bonds. The van der Waals surface area contributed by atoms with Crippen molar-refractivity contribution in [2.24, 2.45) is 0 Å².